The SMILES string of the molecule is COCCN(CC(C)C)C(=O)c1ccc(Br)cc1O. The zero-order valence-corrected chi connectivity index (χ0v) is 13.1. The lowest BCUT2D eigenvalue weighted by molar-refractivity contribution is 0.0669. The van der Waals surface area contributed by atoms with Gasteiger partial charge >= 0.3 is 0 Å². The van der Waals surface area contributed by atoms with Gasteiger partial charge in [-0.25, -0.2) is 0 Å². The van der Waals surface area contributed by atoms with Gasteiger partial charge in [-0.2, -0.15) is 0 Å². The van der Waals surface area contributed by atoms with Crippen LogP contribution in [0.15, 0.2) is 22.7 Å². The normalized spacial score (nSPS) is 10.8. The van der Waals surface area contributed by atoms with Gasteiger partial charge in [0.05, 0.1) is 12.2 Å². The summed E-state index contributed by atoms with van der Waals surface area (Å²) in [5, 5.41) is 9.86. The highest BCUT2D eigenvalue weighted by Crippen LogP contribution is 2.23. The first-order valence-corrected chi connectivity index (χ1v) is 7.01. The number of aromatic hydroxyl groups is 1. The van der Waals surface area contributed by atoms with Gasteiger partial charge in [-0.1, -0.05) is 29.8 Å². The van der Waals surface area contributed by atoms with E-state index in [-0.39, 0.29) is 11.7 Å². The maximum Gasteiger partial charge on any atom is 0.257 e. The van der Waals surface area contributed by atoms with E-state index in [1.165, 1.54) is 6.07 Å². The predicted molar refractivity (Wildman–Crippen MR) is 78.4 cm³/mol. The average molecular weight is 330 g/mol. The smallest absolute Gasteiger partial charge is 0.257 e. The lowest BCUT2D eigenvalue weighted by Gasteiger charge is -2.24. The van der Waals surface area contributed by atoms with Crippen molar-refractivity contribution >= 4 is 21.8 Å². The third kappa shape index (κ3) is 4.84. The summed E-state index contributed by atoms with van der Waals surface area (Å²) in [5.74, 6) is 0.180. The molecule has 0 atom stereocenters. The Morgan fingerprint density at radius 1 is 1.47 bits per heavy atom. The van der Waals surface area contributed by atoms with E-state index in [1.54, 1.807) is 24.1 Å². The number of phenolic OH excluding ortho intramolecular Hbond substituents is 1. The van der Waals surface area contributed by atoms with Crippen LogP contribution in [0, 0.1) is 5.92 Å². The monoisotopic (exact) mass is 329 g/mol. The molecule has 4 nitrogen and oxygen atoms in total. The van der Waals surface area contributed by atoms with Crippen LogP contribution in [0.2, 0.25) is 0 Å². The number of carbonyl (C=O) groups excluding carboxylic acids is 1. The number of hydrogen-bond acceptors (Lipinski definition) is 3. The molecule has 0 unspecified atom stereocenters. The topological polar surface area (TPSA) is 49.8 Å². The highest BCUT2D eigenvalue weighted by molar-refractivity contribution is 9.10. The van der Waals surface area contributed by atoms with Gasteiger partial charge in [0.2, 0.25) is 0 Å². The van der Waals surface area contributed by atoms with Crippen LogP contribution >= 0.6 is 15.9 Å². The Bertz CT molecular complexity index is 435. The van der Waals surface area contributed by atoms with Crippen molar-refractivity contribution in [1.29, 1.82) is 0 Å². The molecule has 0 aliphatic heterocycles. The van der Waals surface area contributed by atoms with Crippen molar-refractivity contribution in [2.75, 3.05) is 26.8 Å². The number of ether oxygens (including phenoxy) is 1. The summed E-state index contributed by atoms with van der Waals surface area (Å²) >= 11 is 3.26. The minimum atomic E-state index is -0.171. The zero-order chi connectivity index (χ0) is 14.4. The van der Waals surface area contributed by atoms with Crippen molar-refractivity contribution in [2.45, 2.75) is 13.8 Å². The van der Waals surface area contributed by atoms with E-state index in [0.29, 0.717) is 31.2 Å². The van der Waals surface area contributed by atoms with Crippen molar-refractivity contribution in [1.82, 2.24) is 4.90 Å². The van der Waals surface area contributed by atoms with Crippen molar-refractivity contribution < 1.29 is 14.6 Å². The van der Waals surface area contributed by atoms with Crippen LogP contribution in [-0.4, -0.2) is 42.7 Å². The second kappa shape index (κ2) is 7.50. The molecule has 1 N–H and O–H groups in total. The standard InChI is InChI=1S/C14H20BrNO3/c1-10(2)9-16(6-7-19-3)14(18)12-5-4-11(15)8-13(12)17/h4-5,8,10,17H,6-7,9H2,1-3H3. The molecule has 0 aromatic heterocycles. The quantitative estimate of drug-likeness (QED) is 0.873. The number of rotatable bonds is 6. The molecule has 0 radical (unpaired) electrons. The molecule has 19 heavy (non-hydrogen) atoms. The van der Waals surface area contributed by atoms with E-state index < -0.39 is 0 Å². The summed E-state index contributed by atoms with van der Waals surface area (Å²) in [4.78, 5) is 14.1. The molecule has 0 heterocycles. The number of hydrogen-bond donors (Lipinski definition) is 1. The van der Waals surface area contributed by atoms with Crippen LogP contribution in [0.4, 0.5) is 0 Å². The van der Waals surface area contributed by atoms with E-state index in [1.807, 2.05) is 0 Å². The molecule has 0 fully saturated rings. The Balaban J connectivity index is 2.90. The van der Waals surface area contributed by atoms with Gasteiger partial charge in [0.25, 0.3) is 5.91 Å². The van der Waals surface area contributed by atoms with Crippen LogP contribution in [-0.2, 0) is 4.74 Å². The highest BCUT2D eigenvalue weighted by Gasteiger charge is 2.19. The van der Waals surface area contributed by atoms with Crippen molar-refractivity contribution in [2.24, 2.45) is 5.92 Å². The number of halogens is 1. The number of phenols is 1. The second-order valence-corrected chi connectivity index (χ2v) is 5.71. The fraction of sp³-hybridized carbons (Fsp3) is 0.500. The molecule has 0 saturated heterocycles. The summed E-state index contributed by atoms with van der Waals surface area (Å²) in [5.41, 5.74) is 0.319. The van der Waals surface area contributed by atoms with Gasteiger partial charge in [0.1, 0.15) is 5.75 Å². The molecule has 1 aromatic rings. The van der Waals surface area contributed by atoms with Crippen LogP contribution in [0.5, 0.6) is 5.75 Å². The fourth-order valence-electron chi connectivity index (χ4n) is 1.77. The fourth-order valence-corrected chi connectivity index (χ4v) is 2.12. The average Bonchev–Trinajstić information content (AvgIpc) is 2.33. The van der Waals surface area contributed by atoms with Crippen molar-refractivity contribution in [3.8, 4) is 5.75 Å². The Morgan fingerprint density at radius 3 is 2.68 bits per heavy atom. The third-order valence-electron chi connectivity index (χ3n) is 2.63. The van der Waals surface area contributed by atoms with Crippen LogP contribution < -0.4 is 0 Å². The Kier molecular flexibility index (Phi) is 6.31. The van der Waals surface area contributed by atoms with Crippen LogP contribution in [0.3, 0.4) is 0 Å². The maximum absolute atomic E-state index is 12.4. The molecule has 1 aromatic carbocycles. The summed E-state index contributed by atoms with van der Waals surface area (Å²) in [7, 11) is 1.61. The summed E-state index contributed by atoms with van der Waals surface area (Å²) in [6.07, 6.45) is 0. The molecule has 1 amide bonds. The molecule has 0 saturated carbocycles. The Morgan fingerprint density at radius 2 is 2.16 bits per heavy atom. The summed E-state index contributed by atoms with van der Waals surface area (Å²) in [6, 6.07) is 4.90. The molecule has 0 aliphatic carbocycles. The minimum Gasteiger partial charge on any atom is -0.507 e. The van der Waals surface area contributed by atoms with Gasteiger partial charge in [-0.15, -0.1) is 0 Å². The molecule has 0 bridgehead atoms. The van der Waals surface area contributed by atoms with Gasteiger partial charge in [0, 0.05) is 24.7 Å². The van der Waals surface area contributed by atoms with Crippen molar-refractivity contribution in [3.63, 3.8) is 0 Å². The number of benzene rings is 1. The van der Waals surface area contributed by atoms with Crippen LogP contribution in [0.1, 0.15) is 24.2 Å². The lowest BCUT2D eigenvalue weighted by Crippen LogP contribution is -2.36. The van der Waals surface area contributed by atoms with Gasteiger partial charge in [-0.05, 0) is 24.1 Å². The largest absolute Gasteiger partial charge is 0.507 e. The van der Waals surface area contributed by atoms with Gasteiger partial charge in [0.15, 0.2) is 0 Å². The summed E-state index contributed by atoms with van der Waals surface area (Å²) < 4.78 is 5.77. The molecule has 0 aliphatic rings. The molecule has 5 heteroatoms. The van der Waals surface area contributed by atoms with E-state index in [0.717, 1.165) is 4.47 Å². The maximum atomic E-state index is 12.4. The number of methoxy groups -OCH3 is 1. The second-order valence-electron chi connectivity index (χ2n) is 4.80. The van der Waals surface area contributed by atoms with E-state index in [9.17, 15) is 9.90 Å². The van der Waals surface area contributed by atoms with E-state index in [4.69, 9.17) is 4.74 Å². The van der Waals surface area contributed by atoms with Crippen LogP contribution in [0.25, 0.3) is 0 Å². The number of nitrogens with zero attached hydrogens (tertiary/aromatic N) is 1. The molecule has 1 rings (SSSR count). The number of carbonyl (C=O) groups is 1. The molecular weight excluding hydrogens is 310 g/mol. The first-order valence-electron chi connectivity index (χ1n) is 6.22. The van der Waals surface area contributed by atoms with Gasteiger partial charge in [-0.3, -0.25) is 4.79 Å². The first-order chi connectivity index (χ1) is 8.95. The molecule has 0 spiro atoms. The summed E-state index contributed by atoms with van der Waals surface area (Å²) in [6.45, 7) is 5.74. The minimum absolute atomic E-state index is 0.00875. The lowest BCUT2D eigenvalue weighted by atomic mass is 10.1. The van der Waals surface area contributed by atoms with E-state index in [2.05, 4.69) is 29.8 Å². The third-order valence-corrected chi connectivity index (χ3v) is 3.12. The Hall–Kier alpha value is -1.07. The van der Waals surface area contributed by atoms with Gasteiger partial charge < -0.3 is 14.7 Å². The molecule has 106 valence electrons. The molecular formula is C14H20BrNO3. The number of amides is 1. The highest BCUT2D eigenvalue weighted by atomic mass is 79.9. The Labute approximate surface area is 122 Å². The first kappa shape index (κ1) is 16.0. The predicted octanol–water partition coefficient (Wildman–Crippen LogP) is 2.90. The van der Waals surface area contributed by atoms with E-state index >= 15 is 0 Å². The zero-order valence-electron chi connectivity index (χ0n) is 11.5. The van der Waals surface area contributed by atoms with Crippen molar-refractivity contribution in [3.05, 3.63) is 28.2 Å².